The molecule has 28 heavy (non-hydrogen) atoms. The molecule has 0 spiro atoms. The summed E-state index contributed by atoms with van der Waals surface area (Å²) in [4.78, 5) is 16.3. The maximum atomic E-state index is 13.1. The van der Waals surface area contributed by atoms with Crippen molar-refractivity contribution in [1.82, 2.24) is 9.55 Å². The Morgan fingerprint density at radius 3 is 2.54 bits per heavy atom. The van der Waals surface area contributed by atoms with Gasteiger partial charge < -0.3 is 15.2 Å². The summed E-state index contributed by atoms with van der Waals surface area (Å²) in [5.74, 6) is 0.374. The van der Waals surface area contributed by atoms with Gasteiger partial charge in [-0.1, -0.05) is 18.2 Å². The Morgan fingerprint density at radius 1 is 1.11 bits per heavy atom. The van der Waals surface area contributed by atoms with Crippen LogP contribution in [0.5, 0.6) is 0 Å². The number of carbonyl (C=O) groups excluding carboxylic acids is 1. The average Bonchev–Trinajstić information content (AvgIpc) is 3.17. The zero-order valence-electron chi connectivity index (χ0n) is 14.5. The second-order valence-electron chi connectivity index (χ2n) is 5.87. The van der Waals surface area contributed by atoms with Gasteiger partial charge in [-0.2, -0.15) is 13.2 Å². The van der Waals surface area contributed by atoms with Crippen molar-refractivity contribution in [2.45, 2.75) is 12.6 Å². The first-order chi connectivity index (χ1) is 13.4. The predicted molar refractivity (Wildman–Crippen MR) is 102 cm³/mol. The van der Waals surface area contributed by atoms with Gasteiger partial charge >= 0.3 is 12.2 Å². The van der Waals surface area contributed by atoms with E-state index in [1.54, 1.807) is 18.3 Å². The molecule has 9 heteroatoms. The highest BCUT2D eigenvalue weighted by Crippen LogP contribution is 2.33. The summed E-state index contributed by atoms with van der Waals surface area (Å²) >= 11 is 5.77. The molecule has 0 unspecified atom stereocenters. The number of aromatic nitrogens is 2. The number of aryl methyl sites for hydroxylation is 1. The fraction of sp³-hybridized carbons (Fsp3) is 0.158. The Bertz CT molecular complexity index is 958. The smallest absolute Gasteiger partial charge is 0.307 e. The Hall–Kier alpha value is -3.00. The number of halogens is 4. The van der Waals surface area contributed by atoms with Gasteiger partial charge in [0.2, 0.25) is 0 Å². The van der Waals surface area contributed by atoms with E-state index in [-0.39, 0.29) is 5.69 Å². The highest BCUT2D eigenvalue weighted by molar-refractivity contribution is 6.18. The zero-order chi connectivity index (χ0) is 20.1. The number of benzene rings is 2. The fourth-order valence-corrected chi connectivity index (χ4v) is 2.88. The molecule has 0 saturated carbocycles. The van der Waals surface area contributed by atoms with Gasteiger partial charge in [0.15, 0.2) is 0 Å². The van der Waals surface area contributed by atoms with Gasteiger partial charge in [-0.15, -0.1) is 11.6 Å². The molecule has 1 aromatic heterocycles. The Kier molecular flexibility index (Phi) is 5.89. The normalized spacial score (nSPS) is 11.3. The van der Waals surface area contributed by atoms with Gasteiger partial charge in [0, 0.05) is 24.0 Å². The number of urea groups is 1. The van der Waals surface area contributed by atoms with Crippen LogP contribution in [0, 0.1) is 0 Å². The SMILES string of the molecule is O=C(Nc1ccccc1CCCl)Nc1cc(C(F)(F)F)ccc1-n1ccnc1. The average molecular weight is 409 g/mol. The minimum atomic E-state index is -4.53. The molecule has 0 saturated heterocycles. The Balaban J connectivity index is 1.89. The van der Waals surface area contributed by atoms with Gasteiger partial charge in [-0.05, 0) is 36.2 Å². The first-order valence-electron chi connectivity index (χ1n) is 8.30. The number of para-hydroxylation sites is 1. The van der Waals surface area contributed by atoms with Crippen LogP contribution in [0.15, 0.2) is 61.2 Å². The van der Waals surface area contributed by atoms with E-state index in [0.717, 1.165) is 17.7 Å². The van der Waals surface area contributed by atoms with Crippen molar-refractivity contribution in [2.24, 2.45) is 0 Å². The van der Waals surface area contributed by atoms with Crippen LogP contribution < -0.4 is 10.6 Å². The minimum Gasteiger partial charge on any atom is -0.307 e. The number of nitrogens with one attached hydrogen (secondary N) is 2. The number of nitrogens with zero attached hydrogens (tertiary/aromatic N) is 2. The summed E-state index contributed by atoms with van der Waals surface area (Å²) in [5, 5.41) is 5.16. The summed E-state index contributed by atoms with van der Waals surface area (Å²) < 4.78 is 40.8. The monoisotopic (exact) mass is 408 g/mol. The second kappa shape index (κ2) is 8.35. The Morgan fingerprint density at radius 2 is 1.86 bits per heavy atom. The lowest BCUT2D eigenvalue weighted by Crippen LogP contribution is -2.21. The lowest BCUT2D eigenvalue weighted by Gasteiger charge is -2.16. The summed E-state index contributed by atoms with van der Waals surface area (Å²) in [6.45, 7) is 0. The van der Waals surface area contributed by atoms with Gasteiger partial charge in [-0.25, -0.2) is 9.78 Å². The molecule has 0 atom stereocenters. The molecule has 0 radical (unpaired) electrons. The van der Waals surface area contributed by atoms with Crippen molar-refractivity contribution in [3.8, 4) is 5.69 Å². The van der Waals surface area contributed by atoms with Crippen LogP contribution in [-0.2, 0) is 12.6 Å². The van der Waals surface area contributed by atoms with Gasteiger partial charge in [0.1, 0.15) is 0 Å². The summed E-state index contributed by atoms with van der Waals surface area (Å²) in [7, 11) is 0. The van der Waals surface area contributed by atoms with Crippen LogP contribution in [0.2, 0.25) is 0 Å². The lowest BCUT2D eigenvalue weighted by molar-refractivity contribution is -0.137. The molecule has 1 heterocycles. The highest BCUT2D eigenvalue weighted by Gasteiger charge is 2.31. The molecule has 3 rings (SSSR count). The van der Waals surface area contributed by atoms with Gasteiger partial charge in [-0.3, -0.25) is 0 Å². The van der Waals surface area contributed by atoms with Crippen LogP contribution in [-0.4, -0.2) is 21.5 Å². The van der Waals surface area contributed by atoms with E-state index in [1.165, 1.54) is 23.2 Å². The number of rotatable bonds is 5. The summed E-state index contributed by atoms with van der Waals surface area (Å²) in [6.07, 6.45) is 0.502. The van der Waals surface area contributed by atoms with Gasteiger partial charge in [0.25, 0.3) is 0 Å². The quantitative estimate of drug-likeness (QED) is 0.561. The molecule has 3 aromatic rings. The molecule has 5 nitrogen and oxygen atoms in total. The number of hydrogen-bond acceptors (Lipinski definition) is 2. The maximum absolute atomic E-state index is 13.1. The molecule has 2 amide bonds. The number of carbonyl (C=O) groups is 1. The molecular formula is C19H16ClF3N4O. The van der Waals surface area contributed by atoms with E-state index >= 15 is 0 Å². The van der Waals surface area contributed by atoms with Crippen molar-refractivity contribution < 1.29 is 18.0 Å². The van der Waals surface area contributed by atoms with Crippen LogP contribution >= 0.6 is 11.6 Å². The van der Waals surface area contributed by atoms with Crippen molar-refractivity contribution in [3.63, 3.8) is 0 Å². The van der Waals surface area contributed by atoms with Crippen LogP contribution in [0.25, 0.3) is 5.69 Å². The number of imidazole rings is 1. The molecule has 2 N–H and O–H groups in total. The molecule has 0 aliphatic carbocycles. The molecule has 146 valence electrons. The van der Waals surface area contributed by atoms with Crippen LogP contribution in [0.1, 0.15) is 11.1 Å². The summed E-state index contributed by atoms with van der Waals surface area (Å²) in [6, 6.07) is 9.53. The van der Waals surface area contributed by atoms with E-state index < -0.39 is 17.8 Å². The third kappa shape index (κ3) is 4.64. The largest absolute Gasteiger partial charge is 0.416 e. The van der Waals surface area contributed by atoms with E-state index in [4.69, 9.17) is 11.6 Å². The third-order valence-electron chi connectivity index (χ3n) is 3.98. The zero-order valence-corrected chi connectivity index (χ0v) is 15.3. The topological polar surface area (TPSA) is 59.0 Å². The molecule has 0 bridgehead atoms. The number of anilines is 2. The number of hydrogen-bond donors (Lipinski definition) is 2. The van der Waals surface area contributed by atoms with E-state index in [2.05, 4.69) is 15.6 Å². The molecule has 0 aliphatic heterocycles. The number of amides is 2. The van der Waals surface area contributed by atoms with Crippen LogP contribution in [0.3, 0.4) is 0 Å². The van der Waals surface area contributed by atoms with Gasteiger partial charge in [0.05, 0.1) is 23.3 Å². The van der Waals surface area contributed by atoms with E-state index in [0.29, 0.717) is 23.7 Å². The highest BCUT2D eigenvalue weighted by atomic mass is 35.5. The summed E-state index contributed by atoms with van der Waals surface area (Å²) in [5.41, 5.74) is 0.854. The fourth-order valence-electron chi connectivity index (χ4n) is 2.68. The number of alkyl halides is 4. The first kappa shape index (κ1) is 19.8. The second-order valence-corrected chi connectivity index (χ2v) is 6.25. The van der Waals surface area contributed by atoms with E-state index in [1.807, 2.05) is 12.1 Å². The van der Waals surface area contributed by atoms with Crippen molar-refractivity contribution in [1.29, 1.82) is 0 Å². The molecular weight excluding hydrogens is 393 g/mol. The Labute approximate surface area is 164 Å². The van der Waals surface area contributed by atoms with Crippen molar-refractivity contribution >= 4 is 29.0 Å². The third-order valence-corrected chi connectivity index (χ3v) is 4.17. The lowest BCUT2D eigenvalue weighted by atomic mass is 10.1. The first-order valence-corrected chi connectivity index (χ1v) is 8.83. The standard InChI is InChI=1S/C19H16ClF3N4O/c20-8-7-13-3-1-2-4-15(13)25-18(28)26-16-11-14(19(21,22)23)5-6-17(16)27-10-9-24-12-27/h1-6,9-12H,7-8H2,(H2,25,26,28). The van der Waals surface area contributed by atoms with Crippen LogP contribution in [0.4, 0.5) is 29.3 Å². The minimum absolute atomic E-state index is 0.000138. The predicted octanol–water partition coefficient (Wildman–Crippen LogP) is 5.32. The maximum Gasteiger partial charge on any atom is 0.416 e. The van der Waals surface area contributed by atoms with E-state index in [9.17, 15) is 18.0 Å². The molecule has 2 aromatic carbocycles. The molecule has 0 fully saturated rings. The van der Waals surface area contributed by atoms with Crippen molar-refractivity contribution in [2.75, 3.05) is 16.5 Å². The molecule has 0 aliphatic rings. The van der Waals surface area contributed by atoms with Crippen molar-refractivity contribution in [3.05, 3.63) is 72.3 Å².